The molecule has 130 valence electrons. The van der Waals surface area contributed by atoms with Gasteiger partial charge in [-0.15, -0.1) is 12.4 Å². The van der Waals surface area contributed by atoms with E-state index in [1.165, 1.54) is 0 Å². The molecule has 2 heterocycles. The number of ether oxygens (including phenoxy) is 1. The van der Waals surface area contributed by atoms with Crippen LogP contribution in [0.15, 0.2) is 42.6 Å². The molecule has 0 aliphatic carbocycles. The van der Waals surface area contributed by atoms with Crippen molar-refractivity contribution in [2.24, 2.45) is 5.73 Å². The first-order valence-electron chi connectivity index (χ1n) is 7.92. The quantitative estimate of drug-likeness (QED) is 0.855. The van der Waals surface area contributed by atoms with Gasteiger partial charge in [0.15, 0.2) is 0 Å². The standard InChI is InChI=1S/C17H22N4O2.ClH/c18-17(8-12-23-13-9-17)16(22)19-10-6-14-7-11-21(20-14)15-4-2-1-3-5-15;/h1-5,7,11H,6,8-10,12-13,18H2,(H,19,22);1H. The zero-order chi connectivity index (χ0) is 16.1. The molecule has 6 nitrogen and oxygen atoms in total. The number of amides is 1. The third-order valence-corrected chi connectivity index (χ3v) is 4.17. The third-order valence-electron chi connectivity index (χ3n) is 4.17. The Morgan fingerprint density at radius 1 is 1.25 bits per heavy atom. The van der Waals surface area contributed by atoms with Gasteiger partial charge in [-0.05, 0) is 31.0 Å². The number of nitrogens with two attached hydrogens (primary N) is 1. The van der Waals surface area contributed by atoms with Crippen LogP contribution in [0.4, 0.5) is 0 Å². The van der Waals surface area contributed by atoms with Crippen molar-refractivity contribution in [3.8, 4) is 5.69 Å². The Morgan fingerprint density at radius 2 is 1.96 bits per heavy atom. The van der Waals surface area contributed by atoms with Crippen molar-refractivity contribution in [1.82, 2.24) is 15.1 Å². The smallest absolute Gasteiger partial charge is 0.240 e. The minimum atomic E-state index is -0.790. The highest BCUT2D eigenvalue weighted by Crippen LogP contribution is 2.17. The summed E-state index contributed by atoms with van der Waals surface area (Å²) < 4.78 is 7.09. The van der Waals surface area contributed by atoms with E-state index in [0.29, 0.717) is 39.0 Å². The molecule has 0 saturated carbocycles. The Hall–Kier alpha value is -1.89. The molecule has 1 fully saturated rings. The Balaban J connectivity index is 0.00000208. The van der Waals surface area contributed by atoms with E-state index in [2.05, 4.69) is 10.4 Å². The van der Waals surface area contributed by atoms with Gasteiger partial charge in [-0.25, -0.2) is 4.68 Å². The van der Waals surface area contributed by atoms with Crippen LogP contribution >= 0.6 is 12.4 Å². The van der Waals surface area contributed by atoms with E-state index in [4.69, 9.17) is 10.5 Å². The number of carbonyl (C=O) groups is 1. The minimum absolute atomic E-state index is 0. The molecule has 1 amide bonds. The molecule has 0 radical (unpaired) electrons. The van der Waals surface area contributed by atoms with Crippen molar-refractivity contribution in [3.63, 3.8) is 0 Å². The lowest BCUT2D eigenvalue weighted by atomic mass is 9.90. The average Bonchev–Trinajstić information content (AvgIpc) is 3.05. The molecule has 1 aromatic carbocycles. The number of nitrogens with zero attached hydrogens (tertiary/aromatic N) is 2. The Bertz CT molecular complexity index is 654. The fourth-order valence-corrected chi connectivity index (χ4v) is 2.66. The maximum atomic E-state index is 12.2. The molecule has 0 unspecified atom stereocenters. The molecule has 0 bridgehead atoms. The van der Waals surface area contributed by atoms with Crippen molar-refractivity contribution in [1.29, 1.82) is 0 Å². The monoisotopic (exact) mass is 350 g/mol. The van der Waals surface area contributed by atoms with Gasteiger partial charge in [0.05, 0.1) is 16.9 Å². The van der Waals surface area contributed by atoms with Crippen molar-refractivity contribution in [3.05, 3.63) is 48.3 Å². The number of benzene rings is 1. The van der Waals surface area contributed by atoms with Crippen LogP contribution in [-0.2, 0) is 16.0 Å². The Kier molecular flexibility index (Phi) is 6.36. The van der Waals surface area contributed by atoms with Crippen LogP contribution in [0.2, 0.25) is 0 Å². The minimum Gasteiger partial charge on any atom is -0.381 e. The molecule has 3 rings (SSSR count). The SMILES string of the molecule is Cl.NC1(C(=O)NCCc2ccn(-c3ccccc3)n2)CCOCC1. The summed E-state index contributed by atoms with van der Waals surface area (Å²) in [5.41, 5.74) is 7.32. The highest BCUT2D eigenvalue weighted by molar-refractivity contribution is 5.86. The van der Waals surface area contributed by atoms with Crippen molar-refractivity contribution >= 4 is 18.3 Å². The number of hydrogen-bond donors (Lipinski definition) is 2. The fraction of sp³-hybridized carbons (Fsp3) is 0.412. The summed E-state index contributed by atoms with van der Waals surface area (Å²) in [6.07, 6.45) is 3.75. The van der Waals surface area contributed by atoms with Gasteiger partial charge in [0.2, 0.25) is 5.91 Å². The van der Waals surface area contributed by atoms with E-state index in [0.717, 1.165) is 11.4 Å². The van der Waals surface area contributed by atoms with E-state index >= 15 is 0 Å². The number of aromatic nitrogens is 2. The molecule has 2 aromatic rings. The van der Waals surface area contributed by atoms with Gasteiger partial charge in [-0.2, -0.15) is 5.10 Å². The first-order chi connectivity index (χ1) is 11.2. The molecular formula is C17H23ClN4O2. The van der Waals surface area contributed by atoms with Crippen LogP contribution in [0.1, 0.15) is 18.5 Å². The van der Waals surface area contributed by atoms with E-state index in [1.807, 2.05) is 47.3 Å². The molecule has 1 aliphatic rings. The molecule has 1 aliphatic heterocycles. The predicted molar refractivity (Wildman–Crippen MR) is 94.5 cm³/mol. The number of carbonyl (C=O) groups excluding carboxylic acids is 1. The van der Waals surface area contributed by atoms with Crippen molar-refractivity contribution in [2.75, 3.05) is 19.8 Å². The van der Waals surface area contributed by atoms with Crippen LogP contribution in [0.5, 0.6) is 0 Å². The van der Waals surface area contributed by atoms with E-state index in [-0.39, 0.29) is 18.3 Å². The van der Waals surface area contributed by atoms with Gasteiger partial charge < -0.3 is 15.8 Å². The summed E-state index contributed by atoms with van der Waals surface area (Å²) in [6.45, 7) is 1.63. The largest absolute Gasteiger partial charge is 0.381 e. The third kappa shape index (κ3) is 4.35. The lowest BCUT2D eigenvalue weighted by Gasteiger charge is -2.31. The van der Waals surface area contributed by atoms with Crippen LogP contribution < -0.4 is 11.1 Å². The summed E-state index contributed by atoms with van der Waals surface area (Å²) in [5.74, 6) is -0.0942. The summed E-state index contributed by atoms with van der Waals surface area (Å²) in [4.78, 5) is 12.2. The lowest BCUT2D eigenvalue weighted by Crippen LogP contribution is -2.57. The summed E-state index contributed by atoms with van der Waals surface area (Å²) >= 11 is 0. The first kappa shape index (κ1) is 18.4. The second kappa shape index (κ2) is 8.28. The fourth-order valence-electron chi connectivity index (χ4n) is 2.66. The van der Waals surface area contributed by atoms with Crippen LogP contribution in [0.3, 0.4) is 0 Å². The van der Waals surface area contributed by atoms with Gasteiger partial charge in [-0.1, -0.05) is 18.2 Å². The Labute approximate surface area is 147 Å². The van der Waals surface area contributed by atoms with Crippen molar-refractivity contribution < 1.29 is 9.53 Å². The number of hydrogen-bond acceptors (Lipinski definition) is 4. The lowest BCUT2D eigenvalue weighted by molar-refractivity contribution is -0.129. The summed E-state index contributed by atoms with van der Waals surface area (Å²) in [5, 5.41) is 7.44. The highest BCUT2D eigenvalue weighted by atomic mass is 35.5. The van der Waals surface area contributed by atoms with E-state index in [1.54, 1.807) is 0 Å². The number of halogens is 1. The molecule has 1 aromatic heterocycles. The van der Waals surface area contributed by atoms with Crippen LogP contribution in [-0.4, -0.2) is 41.0 Å². The highest BCUT2D eigenvalue weighted by Gasteiger charge is 2.35. The van der Waals surface area contributed by atoms with Gasteiger partial charge in [-0.3, -0.25) is 4.79 Å². The maximum absolute atomic E-state index is 12.2. The number of nitrogens with one attached hydrogen (secondary N) is 1. The number of rotatable bonds is 5. The molecular weight excluding hydrogens is 328 g/mol. The van der Waals surface area contributed by atoms with E-state index < -0.39 is 5.54 Å². The van der Waals surface area contributed by atoms with E-state index in [9.17, 15) is 4.79 Å². The van der Waals surface area contributed by atoms with Crippen molar-refractivity contribution in [2.45, 2.75) is 24.8 Å². The van der Waals surface area contributed by atoms with Gasteiger partial charge >= 0.3 is 0 Å². The van der Waals surface area contributed by atoms with Crippen LogP contribution in [0, 0.1) is 0 Å². The van der Waals surface area contributed by atoms with Gasteiger partial charge in [0.25, 0.3) is 0 Å². The maximum Gasteiger partial charge on any atom is 0.240 e. The summed E-state index contributed by atoms with van der Waals surface area (Å²) in [6, 6.07) is 11.9. The Morgan fingerprint density at radius 3 is 2.67 bits per heavy atom. The average molecular weight is 351 g/mol. The first-order valence-corrected chi connectivity index (χ1v) is 7.92. The normalized spacial score (nSPS) is 16.2. The molecule has 7 heteroatoms. The second-order valence-corrected chi connectivity index (χ2v) is 5.86. The van der Waals surface area contributed by atoms with Crippen LogP contribution in [0.25, 0.3) is 5.69 Å². The molecule has 3 N–H and O–H groups in total. The van der Waals surface area contributed by atoms with Gasteiger partial charge in [0.1, 0.15) is 0 Å². The molecule has 0 atom stereocenters. The predicted octanol–water partition coefficient (Wildman–Crippen LogP) is 1.46. The second-order valence-electron chi connectivity index (χ2n) is 5.86. The van der Waals surface area contributed by atoms with Gasteiger partial charge in [0, 0.05) is 32.4 Å². The zero-order valence-corrected chi connectivity index (χ0v) is 14.3. The molecule has 24 heavy (non-hydrogen) atoms. The topological polar surface area (TPSA) is 82.2 Å². The molecule has 1 saturated heterocycles. The summed E-state index contributed by atoms with van der Waals surface area (Å²) in [7, 11) is 0. The number of para-hydroxylation sites is 1. The zero-order valence-electron chi connectivity index (χ0n) is 13.5. The molecule has 0 spiro atoms.